The number of nitrogens with one attached hydrogen (secondary N) is 1. The molecule has 0 saturated carbocycles. The molecule has 14 heavy (non-hydrogen) atoms. The van der Waals surface area contributed by atoms with Gasteiger partial charge in [0.05, 0.1) is 12.6 Å². The lowest BCUT2D eigenvalue weighted by Crippen LogP contribution is -2.49. The SMILES string of the molecule is CCN(C1=NCCCN1)C1CCOC1. The zero-order valence-corrected chi connectivity index (χ0v) is 8.83. The van der Waals surface area contributed by atoms with Crippen LogP contribution in [-0.2, 0) is 4.74 Å². The predicted octanol–water partition coefficient (Wildman–Crippen LogP) is 0.446. The number of hydrogen-bond donors (Lipinski definition) is 1. The molecule has 1 unspecified atom stereocenters. The van der Waals surface area contributed by atoms with Crippen molar-refractivity contribution in [3.63, 3.8) is 0 Å². The molecule has 1 atom stereocenters. The molecule has 4 nitrogen and oxygen atoms in total. The van der Waals surface area contributed by atoms with E-state index < -0.39 is 0 Å². The van der Waals surface area contributed by atoms with Gasteiger partial charge in [-0.2, -0.15) is 0 Å². The second-order valence-corrected chi connectivity index (χ2v) is 3.79. The van der Waals surface area contributed by atoms with Gasteiger partial charge in [-0.05, 0) is 19.8 Å². The van der Waals surface area contributed by atoms with Crippen molar-refractivity contribution in [1.29, 1.82) is 0 Å². The molecule has 0 aromatic carbocycles. The Morgan fingerprint density at radius 2 is 2.57 bits per heavy atom. The molecule has 0 aromatic rings. The lowest BCUT2D eigenvalue weighted by Gasteiger charge is -2.31. The molecule has 0 aromatic heterocycles. The van der Waals surface area contributed by atoms with Crippen molar-refractivity contribution in [2.24, 2.45) is 4.99 Å². The maximum Gasteiger partial charge on any atom is 0.194 e. The number of rotatable bonds is 2. The fourth-order valence-electron chi connectivity index (χ4n) is 2.06. The van der Waals surface area contributed by atoms with Gasteiger partial charge in [0.1, 0.15) is 0 Å². The van der Waals surface area contributed by atoms with Gasteiger partial charge in [0.15, 0.2) is 5.96 Å². The van der Waals surface area contributed by atoms with Crippen LogP contribution in [0.4, 0.5) is 0 Å². The van der Waals surface area contributed by atoms with Gasteiger partial charge in [-0.15, -0.1) is 0 Å². The normalized spacial score (nSPS) is 26.9. The van der Waals surface area contributed by atoms with E-state index in [1.807, 2.05) is 0 Å². The third kappa shape index (κ3) is 2.00. The Labute approximate surface area is 85.3 Å². The Bertz CT molecular complexity index is 211. The van der Waals surface area contributed by atoms with Gasteiger partial charge >= 0.3 is 0 Å². The van der Waals surface area contributed by atoms with Crippen LogP contribution in [0.2, 0.25) is 0 Å². The van der Waals surface area contributed by atoms with E-state index in [9.17, 15) is 0 Å². The fourth-order valence-corrected chi connectivity index (χ4v) is 2.06. The highest BCUT2D eigenvalue weighted by atomic mass is 16.5. The minimum atomic E-state index is 0.532. The highest BCUT2D eigenvalue weighted by Crippen LogP contribution is 2.13. The maximum atomic E-state index is 5.41. The van der Waals surface area contributed by atoms with Crippen molar-refractivity contribution in [1.82, 2.24) is 10.2 Å². The third-order valence-electron chi connectivity index (χ3n) is 2.84. The van der Waals surface area contributed by atoms with Crippen LogP contribution in [0.1, 0.15) is 19.8 Å². The van der Waals surface area contributed by atoms with E-state index in [4.69, 9.17) is 4.74 Å². The monoisotopic (exact) mass is 197 g/mol. The van der Waals surface area contributed by atoms with E-state index in [1.165, 1.54) is 0 Å². The first-order valence-electron chi connectivity index (χ1n) is 5.54. The molecule has 2 aliphatic heterocycles. The second-order valence-electron chi connectivity index (χ2n) is 3.79. The molecular weight excluding hydrogens is 178 g/mol. The molecule has 0 bridgehead atoms. The lowest BCUT2D eigenvalue weighted by molar-refractivity contribution is 0.173. The van der Waals surface area contributed by atoms with Crippen molar-refractivity contribution in [3.8, 4) is 0 Å². The van der Waals surface area contributed by atoms with Gasteiger partial charge in [-0.25, -0.2) is 0 Å². The minimum Gasteiger partial charge on any atom is -0.379 e. The summed E-state index contributed by atoms with van der Waals surface area (Å²) in [6.45, 7) is 6.97. The first-order chi connectivity index (χ1) is 6.92. The van der Waals surface area contributed by atoms with E-state index >= 15 is 0 Å². The minimum absolute atomic E-state index is 0.532. The fraction of sp³-hybridized carbons (Fsp3) is 0.900. The Morgan fingerprint density at radius 1 is 1.64 bits per heavy atom. The van der Waals surface area contributed by atoms with Crippen LogP contribution < -0.4 is 5.32 Å². The molecule has 80 valence electrons. The summed E-state index contributed by atoms with van der Waals surface area (Å²) in [6, 6.07) is 0.532. The van der Waals surface area contributed by atoms with E-state index in [0.717, 1.165) is 51.6 Å². The summed E-state index contributed by atoms with van der Waals surface area (Å²) in [5.74, 6) is 1.08. The summed E-state index contributed by atoms with van der Waals surface area (Å²) < 4.78 is 5.41. The molecule has 2 heterocycles. The molecule has 2 aliphatic rings. The molecular formula is C10H19N3O. The zero-order valence-electron chi connectivity index (χ0n) is 8.83. The van der Waals surface area contributed by atoms with E-state index in [2.05, 4.69) is 22.1 Å². The smallest absolute Gasteiger partial charge is 0.194 e. The quantitative estimate of drug-likeness (QED) is 0.698. The predicted molar refractivity (Wildman–Crippen MR) is 56.5 cm³/mol. The van der Waals surface area contributed by atoms with Crippen molar-refractivity contribution in [2.75, 3.05) is 32.8 Å². The highest BCUT2D eigenvalue weighted by molar-refractivity contribution is 5.80. The molecule has 0 spiro atoms. The summed E-state index contributed by atoms with van der Waals surface area (Å²) in [5.41, 5.74) is 0. The lowest BCUT2D eigenvalue weighted by atomic mass is 10.2. The number of ether oxygens (including phenoxy) is 1. The zero-order chi connectivity index (χ0) is 9.80. The third-order valence-corrected chi connectivity index (χ3v) is 2.84. The summed E-state index contributed by atoms with van der Waals surface area (Å²) >= 11 is 0. The summed E-state index contributed by atoms with van der Waals surface area (Å²) in [4.78, 5) is 6.86. The molecule has 0 radical (unpaired) electrons. The molecule has 0 amide bonds. The average Bonchev–Trinajstić information content (AvgIpc) is 2.74. The first kappa shape index (κ1) is 9.77. The van der Waals surface area contributed by atoms with E-state index in [0.29, 0.717) is 6.04 Å². The van der Waals surface area contributed by atoms with Crippen LogP contribution in [0, 0.1) is 0 Å². The largest absolute Gasteiger partial charge is 0.379 e. The highest BCUT2D eigenvalue weighted by Gasteiger charge is 2.25. The Morgan fingerprint density at radius 3 is 3.14 bits per heavy atom. The Balaban J connectivity index is 1.99. The van der Waals surface area contributed by atoms with Crippen LogP contribution in [0.15, 0.2) is 4.99 Å². The molecule has 0 aliphatic carbocycles. The number of aliphatic imine (C=N–C) groups is 1. The standard InChI is InChI=1S/C10H19N3O/c1-2-13(9-4-7-14-8-9)10-11-5-3-6-12-10/h9H,2-8H2,1H3,(H,11,12). The topological polar surface area (TPSA) is 36.9 Å². The van der Waals surface area contributed by atoms with Crippen molar-refractivity contribution >= 4 is 5.96 Å². The molecule has 2 rings (SSSR count). The van der Waals surface area contributed by atoms with Crippen LogP contribution in [0.25, 0.3) is 0 Å². The molecule has 1 fully saturated rings. The number of likely N-dealkylation sites (N-methyl/N-ethyl adjacent to an activating group) is 1. The summed E-state index contributed by atoms with van der Waals surface area (Å²) in [6.07, 6.45) is 2.29. The maximum absolute atomic E-state index is 5.41. The number of hydrogen-bond acceptors (Lipinski definition) is 4. The van der Waals surface area contributed by atoms with Crippen LogP contribution in [0.5, 0.6) is 0 Å². The van der Waals surface area contributed by atoms with Crippen molar-refractivity contribution < 1.29 is 4.74 Å². The Hall–Kier alpha value is -0.770. The molecule has 1 N–H and O–H groups in total. The molecule has 1 saturated heterocycles. The number of nitrogens with zero attached hydrogens (tertiary/aromatic N) is 2. The van der Waals surface area contributed by atoms with Crippen LogP contribution in [0.3, 0.4) is 0 Å². The van der Waals surface area contributed by atoms with Crippen LogP contribution >= 0.6 is 0 Å². The van der Waals surface area contributed by atoms with Gasteiger partial charge in [-0.1, -0.05) is 0 Å². The van der Waals surface area contributed by atoms with Gasteiger partial charge in [0.25, 0.3) is 0 Å². The van der Waals surface area contributed by atoms with Crippen molar-refractivity contribution in [2.45, 2.75) is 25.8 Å². The van der Waals surface area contributed by atoms with E-state index in [-0.39, 0.29) is 0 Å². The Kier molecular flexibility index (Phi) is 3.24. The van der Waals surface area contributed by atoms with Gasteiger partial charge in [-0.3, -0.25) is 4.99 Å². The number of guanidine groups is 1. The summed E-state index contributed by atoms with van der Waals surface area (Å²) in [5, 5.41) is 3.37. The summed E-state index contributed by atoms with van der Waals surface area (Å²) in [7, 11) is 0. The van der Waals surface area contributed by atoms with Crippen LogP contribution in [-0.4, -0.2) is 49.7 Å². The first-order valence-corrected chi connectivity index (χ1v) is 5.54. The second kappa shape index (κ2) is 4.64. The van der Waals surface area contributed by atoms with Gasteiger partial charge < -0.3 is 15.0 Å². The van der Waals surface area contributed by atoms with Crippen molar-refractivity contribution in [3.05, 3.63) is 0 Å². The van der Waals surface area contributed by atoms with Gasteiger partial charge in [0.2, 0.25) is 0 Å². The molecule has 4 heteroatoms. The van der Waals surface area contributed by atoms with E-state index in [1.54, 1.807) is 0 Å². The van der Waals surface area contributed by atoms with Gasteiger partial charge in [0, 0.05) is 26.2 Å². The average molecular weight is 197 g/mol.